The van der Waals surface area contributed by atoms with Crippen molar-refractivity contribution in [3.63, 3.8) is 0 Å². The maximum absolute atomic E-state index is 11.9. The predicted octanol–water partition coefficient (Wildman–Crippen LogP) is 3.09. The second kappa shape index (κ2) is 10.8. The van der Waals surface area contributed by atoms with E-state index < -0.39 is 35.8 Å². The van der Waals surface area contributed by atoms with Gasteiger partial charge in [-0.25, -0.2) is 4.79 Å². The molecule has 28 heavy (non-hydrogen) atoms. The number of aliphatic hydroxyl groups is 2. The van der Waals surface area contributed by atoms with Gasteiger partial charge < -0.3 is 20.1 Å². The van der Waals surface area contributed by atoms with Gasteiger partial charge in [0.15, 0.2) is 5.78 Å². The van der Waals surface area contributed by atoms with Crippen LogP contribution in [0.25, 0.3) is 0 Å². The molecule has 0 bridgehead atoms. The van der Waals surface area contributed by atoms with Crippen LogP contribution >= 0.6 is 0 Å². The second-order valence-corrected chi connectivity index (χ2v) is 7.29. The summed E-state index contributed by atoms with van der Waals surface area (Å²) in [5.41, 5.74) is 0.389. The summed E-state index contributed by atoms with van der Waals surface area (Å²) in [5, 5.41) is 29.5. The molecule has 1 rings (SSSR count). The molecule has 1 saturated heterocycles. The van der Waals surface area contributed by atoms with E-state index in [2.05, 4.69) is 6.58 Å². The van der Waals surface area contributed by atoms with Crippen LogP contribution in [0, 0.1) is 11.8 Å². The Morgan fingerprint density at radius 3 is 2.50 bits per heavy atom. The van der Waals surface area contributed by atoms with Crippen LogP contribution in [0.4, 0.5) is 0 Å². The maximum Gasteiger partial charge on any atom is 0.345 e. The van der Waals surface area contributed by atoms with Gasteiger partial charge in [-0.2, -0.15) is 0 Å². The lowest BCUT2D eigenvalue weighted by Crippen LogP contribution is -2.31. The van der Waals surface area contributed by atoms with Gasteiger partial charge in [0, 0.05) is 12.8 Å². The van der Waals surface area contributed by atoms with E-state index in [0.29, 0.717) is 24.8 Å². The first-order valence-corrected chi connectivity index (χ1v) is 9.48. The Balaban J connectivity index is 2.63. The first-order valence-electron chi connectivity index (χ1n) is 9.48. The molecule has 0 radical (unpaired) electrons. The molecule has 7 nitrogen and oxygen atoms in total. The molecule has 3 N–H and O–H groups in total. The first-order chi connectivity index (χ1) is 13.1. The number of ketones is 1. The van der Waals surface area contributed by atoms with Crippen molar-refractivity contribution in [3.8, 4) is 0 Å². The monoisotopic (exact) mass is 394 g/mol. The van der Waals surface area contributed by atoms with Crippen LogP contribution in [0.15, 0.2) is 35.6 Å². The lowest BCUT2D eigenvalue weighted by Gasteiger charge is -2.21. The molecule has 1 fully saturated rings. The number of carboxylic acid groups (broad SMARTS) is 1. The van der Waals surface area contributed by atoms with Crippen molar-refractivity contribution >= 4 is 17.7 Å². The minimum atomic E-state index is -1.10. The number of ether oxygens (including phenoxy) is 1. The summed E-state index contributed by atoms with van der Waals surface area (Å²) in [7, 11) is 0. The zero-order chi connectivity index (χ0) is 21.4. The van der Waals surface area contributed by atoms with Crippen molar-refractivity contribution in [2.45, 2.75) is 65.1 Å². The van der Waals surface area contributed by atoms with Gasteiger partial charge in [-0.15, -0.1) is 0 Å². The Bertz CT molecular complexity index is 654. The smallest absolute Gasteiger partial charge is 0.345 e. The van der Waals surface area contributed by atoms with Gasteiger partial charge in [0.05, 0.1) is 6.10 Å². The Labute approximate surface area is 165 Å². The van der Waals surface area contributed by atoms with Gasteiger partial charge in [-0.05, 0) is 25.7 Å². The first kappa shape index (κ1) is 23.6. The Morgan fingerprint density at radius 2 is 1.96 bits per heavy atom. The molecule has 0 aromatic heterocycles. The van der Waals surface area contributed by atoms with Crippen molar-refractivity contribution < 1.29 is 34.4 Å². The van der Waals surface area contributed by atoms with Gasteiger partial charge in [0.2, 0.25) is 0 Å². The van der Waals surface area contributed by atoms with Gasteiger partial charge in [0.1, 0.15) is 23.4 Å². The molecule has 0 unspecified atom stereocenters. The predicted molar refractivity (Wildman–Crippen MR) is 104 cm³/mol. The van der Waals surface area contributed by atoms with Gasteiger partial charge in [0.25, 0.3) is 0 Å². The fraction of sp³-hybridized carbons (Fsp3) is 0.571. The van der Waals surface area contributed by atoms with E-state index in [0.717, 1.165) is 0 Å². The molecule has 4 atom stereocenters. The number of aliphatic hydroxyl groups excluding tert-OH is 2. The fourth-order valence-corrected chi connectivity index (χ4v) is 2.88. The number of allylic oxidation sites excluding steroid dienone is 3. The molecule has 7 heteroatoms. The lowest BCUT2D eigenvalue weighted by molar-refractivity contribution is -0.150. The number of rotatable bonds is 10. The summed E-state index contributed by atoms with van der Waals surface area (Å²) >= 11 is 0. The molecule has 1 aliphatic rings. The molecular formula is C21H30O7. The van der Waals surface area contributed by atoms with E-state index in [1.807, 2.05) is 6.92 Å². The average Bonchev–Trinajstić information content (AvgIpc) is 2.61. The second-order valence-electron chi connectivity index (χ2n) is 7.29. The standard InChI is InChI=1S/C21H30O7/c1-5-13(3)19(24)15(20(25)26)8-6-7-12(2)9-10-16(22)18-17(23)11-14(4)28-21(18)27/h6,8,13-15,19,22,24H,2,5,7,9-11H2,1,3-4H3,(H,25,26)/b8-6+,18-16+/t13-,14+,15+,19+/m0/s1. The highest BCUT2D eigenvalue weighted by Crippen LogP contribution is 2.23. The Morgan fingerprint density at radius 1 is 1.32 bits per heavy atom. The van der Waals surface area contributed by atoms with E-state index in [9.17, 15) is 29.7 Å². The molecule has 1 heterocycles. The highest BCUT2D eigenvalue weighted by atomic mass is 16.5. The van der Waals surface area contributed by atoms with Crippen molar-refractivity contribution in [2.24, 2.45) is 11.8 Å². The quantitative estimate of drug-likeness (QED) is 0.171. The molecule has 0 amide bonds. The summed E-state index contributed by atoms with van der Waals surface area (Å²) in [6.07, 6.45) is 3.05. The number of carboxylic acids is 1. The van der Waals surface area contributed by atoms with E-state index in [4.69, 9.17) is 4.74 Å². The van der Waals surface area contributed by atoms with Crippen LogP contribution < -0.4 is 0 Å². The van der Waals surface area contributed by atoms with Crippen LogP contribution in [-0.4, -0.2) is 45.2 Å². The molecule has 0 spiro atoms. The third-order valence-corrected chi connectivity index (χ3v) is 4.90. The summed E-state index contributed by atoms with van der Waals surface area (Å²) in [4.78, 5) is 35.1. The Hall–Kier alpha value is -2.41. The number of carbonyl (C=O) groups is 3. The fourth-order valence-electron chi connectivity index (χ4n) is 2.88. The van der Waals surface area contributed by atoms with E-state index in [1.54, 1.807) is 19.9 Å². The Kier molecular flexibility index (Phi) is 9.12. The molecule has 156 valence electrons. The number of aliphatic carboxylic acids is 1. The van der Waals surface area contributed by atoms with Crippen molar-refractivity contribution in [3.05, 3.63) is 35.6 Å². The summed E-state index contributed by atoms with van der Waals surface area (Å²) in [6.45, 7) is 9.15. The van der Waals surface area contributed by atoms with E-state index in [-0.39, 0.29) is 30.1 Å². The lowest BCUT2D eigenvalue weighted by atomic mass is 9.89. The topological polar surface area (TPSA) is 121 Å². The van der Waals surface area contributed by atoms with Crippen molar-refractivity contribution in [1.82, 2.24) is 0 Å². The van der Waals surface area contributed by atoms with Crippen LogP contribution in [0.2, 0.25) is 0 Å². The van der Waals surface area contributed by atoms with Crippen LogP contribution in [0.1, 0.15) is 52.9 Å². The van der Waals surface area contributed by atoms with E-state index >= 15 is 0 Å². The molecule has 0 aromatic rings. The van der Waals surface area contributed by atoms with Crippen LogP contribution in [0.5, 0.6) is 0 Å². The van der Waals surface area contributed by atoms with Gasteiger partial charge >= 0.3 is 11.9 Å². The molecule has 0 aliphatic carbocycles. The number of cyclic esters (lactones) is 1. The third kappa shape index (κ3) is 6.64. The highest BCUT2D eigenvalue weighted by Gasteiger charge is 2.32. The third-order valence-electron chi connectivity index (χ3n) is 4.90. The van der Waals surface area contributed by atoms with E-state index in [1.165, 1.54) is 6.08 Å². The van der Waals surface area contributed by atoms with Crippen LogP contribution in [-0.2, 0) is 19.1 Å². The molecular weight excluding hydrogens is 364 g/mol. The minimum absolute atomic E-state index is 0.0455. The molecule has 1 aliphatic heterocycles. The SMILES string of the molecule is C=C(C/C=C/[C@@H](C(=O)O)[C@H](O)[C@@H](C)CC)CC/C(O)=C1/C(=O)C[C@@H](C)OC1=O. The summed E-state index contributed by atoms with van der Waals surface area (Å²) < 4.78 is 4.97. The average molecular weight is 394 g/mol. The largest absolute Gasteiger partial charge is 0.511 e. The van der Waals surface area contributed by atoms with Crippen molar-refractivity contribution in [1.29, 1.82) is 0 Å². The van der Waals surface area contributed by atoms with Gasteiger partial charge in [-0.1, -0.05) is 44.6 Å². The summed E-state index contributed by atoms with van der Waals surface area (Å²) in [5.74, 6) is -3.81. The van der Waals surface area contributed by atoms with Crippen LogP contribution in [0.3, 0.4) is 0 Å². The molecule has 0 saturated carbocycles. The highest BCUT2D eigenvalue weighted by molar-refractivity contribution is 6.19. The maximum atomic E-state index is 11.9. The molecule has 0 aromatic carbocycles. The number of Topliss-reactive ketones (excluding diaryl/α,β-unsaturated/α-hetero) is 1. The van der Waals surface area contributed by atoms with Crippen molar-refractivity contribution in [2.75, 3.05) is 0 Å². The van der Waals surface area contributed by atoms with Gasteiger partial charge in [-0.3, -0.25) is 9.59 Å². The zero-order valence-electron chi connectivity index (χ0n) is 16.7. The number of carbonyl (C=O) groups excluding carboxylic acids is 2. The normalized spacial score (nSPS) is 22.5. The minimum Gasteiger partial charge on any atom is -0.511 e. The number of hydrogen-bond donors (Lipinski definition) is 3. The zero-order valence-corrected chi connectivity index (χ0v) is 16.7. The number of esters is 1. The number of hydrogen-bond acceptors (Lipinski definition) is 6. The summed E-state index contributed by atoms with van der Waals surface area (Å²) in [6, 6.07) is 0.